The van der Waals surface area contributed by atoms with Crippen LogP contribution in [0.1, 0.15) is 65.7 Å². The van der Waals surface area contributed by atoms with Gasteiger partial charge in [0.1, 0.15) is 6.61 Å². The molecule has 0 bridgehead atoms. The SMILES string of the molecule is C=C1CC[C@@H]2C(C)(C)CCC[C@@]2(C)[C@@H]1CC/C=C/CO[P+](=O)O[P+](=O)O. The Morgan fingerprint density at radius 3 is 2.69 bits per heavy atom. The van der Waals surface area contributed by atoms with E-state index in [1.807, 2.05) is 6.08 Å². The highest BCUT2D eigenvalue weighted by molar-refractivity contribution is 7.47. The molecule has 0 heterocycles. The molecule has 0 radical (unpaired) electrons. The Morgan fingerprint density at radius 2 is 2.00 bits per heavy atom. The van der Waals surface area contributed by atoms with Crippen LogP contribution in [-0.2, 0) is 18.0 Å². The Hall–Kier alpha value is -0.440. The van der Waals surface area contributed by atoms with Crippen molar-refractivity contribution >= 4 is 16.5 Å². The van der Waals surface area contributed by atoms with Crippen LogP contribution in [0.4, 0.5) is 0 Å². The first-order valence-electron chi connectivity index (χ1n) is 9.44. The first-order chi connectivity index (χ1) is 12.2. The van der Waals surface area contributed by atoms with Gasteiger partial charge >= 0.3 is 16.5 Å². The number of allylic oxidation sites excluding steroid dienone is 2. The molecule has 5 atom stereocenters. The van der Waals surface area contributed by atoms with Crippen LogP contribution >= 0.6 is 16.5 Å². The fourth-order valence-electron chi connectivity index (χ4n) is 5.44. The summed E-state index contributed by atoms with van der Waals surface area (Å²) in [4.78, 5) is 8.49. The average Bonchev–Trinajstić information content (AvgIpc) is 2.51. The predicted molar refractivity (Wildman–Crippen MR) is 104 cm³/mol. The smallest absolute Gasteiger partial charge is 0.131 e. The van der Waals surface area contributed by atoms with Crippen molar-refractivity contribution in [2.45, 2.75) is 65.7 Å². The third-order valence-corrected chi connectivity index (χ3v) is 7.97. The van der Waals surface area contributed by atoms with Crippen LogP contribution in [0.15, 0.2) is 24.3 Å². The van der Waals surface area contributed by atoms with Gasteiger partial charge in [0.15, 0.2) is 4.31 Å². The molecule has 0 aliphatic heterocycles. The number of hydrogen-bond donors (Lipinski definition) is 1. The minimum Gasteiger partial charge on any atom is -0.131 e. The Bertz CT molecular complexity index is 586. The van der Waals surface area contributed by atoms with Crippen LogP contribution in [0.3, 0.4) is 0 Å². The van der Waals surface area contributed by atoms with Crippen LogP contribution in [0.25, 0.3) is 0 Å². The van der Waals surface area contributed by atoms with Crippen molar-refractivity contribution in [2.75, 3.05) is 6.61 Å². The molecule has 0 aromatic rings. The molecule has 146 valence electrons. The second-order valence-corrected chi connectivity index (χ2v) is 10.4. The van der Waals surface area contributed by atoms with Crippen molar-refractivity contribution in [1.82, 2.24) is 0 Å². The van der Waals surface area contributed by atoms with Gasteiger partial charge in [-0.05, 0) is 61.2 Å². The lowest BCUT2D eigenvalue weighted by Gasteiger charge is -2.58. The molecule has 2 fully saturated rings. The minimum atomic E-state index is -2.90. The largest absolute Gasteiger partial charge is 0.748 e. The topological polar surface area (TPSA) is 72.8 Å². The monoisotopic (exact) mass is 402 g/mol. The molecule has 0 aromatic carbocycles. The van der Waals surface area contributed by atoms with Crippen molar-refractivity contribution < 1.29 is 22.9 Å². The third kappa shape index (κ3) is 5.30. The highest BCUT2D eigenvalue weighted by Crippen LogP contribution is 2.61. The van der Waals surface area contributed by atoms with Crippen LogP contribution in [0, 0.1) is 22.7 Å². The molecule has 2 aliphatic rings. The van der Waals surface area contributed by atoms with E-state index in [1.165, 1.54) is 31.3 Å². The second-order valence-electron chi connectivity index (χ2n) is 8.54. The van der Waals surface area contributed by atoms with E-state index in [0.717, 1.165) is 25.2 Å². The molecule has 0 saturated heterocycles. The molecule has 0 spiro atoms. The van der Waals surface area contributed by atoms with Gasteiger partial charge in [0.2, 0.25) is 0 Å². The van der Waals surface area contributed by atoms with Crippen molar-refractivity contribution in [3.05, 3.63) is 24.3 Å². The molecular weight excluding hydrogens is 370 g/mol. The molecule has 2 rings (SSSR count). The van der Waals surface area contributed by atoms with Crippen LogP contribution in [0.5, 0.6) is 0 Å². The first-order valence-corrected chi connectivity index (χ1v) is 11.7. The van der Waals surface area contributed by atoms with E-state index in [0.29, 0.717) is 16.7 Å². The maximum Gasteiger partial charge on any atom is 0.748 e. The zero-order chi connectivity index (χ0) is 19.4. The van der Waals surface area contributed by atoms with Crippen molar-refractivity contribution in [1.29, 1.82) is 0 Å². The molecule has 0 amide bonds. The van der Waals surface area contributed by atoms with Gasteiger partial charge in [-0.3, -0.25) is 0 Å². The molecule has 2 saturated carbocycles. The maximum atomic E-state index is 11.2. The number of fused-ring (bicyclic) bond motifs is 1. The third-order valence-electron chi connectivity index (χ3n) is 6.52. The van der Waals surface area contributed by atoms with E-state index in [9.17, 15) is 9.13 Å². The summed E-state index contributed by atoms with van der Waals surface area (Å²) >= 11 is 0. The fraction of sp³-hybridized carbons (Fsp3) is 0.789. The van der Waals surface area contributed by atoms with Gasteiger partial charge in [-0.25, -0.2) is 0 Å². The van der Waals surface area contributed by atoms with Crippen molar-refractivity contribution in [3.8, 4) is 0 Å². The predicted octanol–water partition coefficient (Wildman–Crippen LogP) is 6.46. The summed E-state index contributed by atoms with van der Waals surface area (Å²) < 4.78 is 30.5. The van der Waals surface area contributed by atoms with Gasteiger partial charge in [-0.1, -0.05) is 51.5 Å². The summed E-state index contributed by atoms with van der Waals surface area (Å²) in [6.45, 7) is 11.8. The van der Waals surface area contributed by atoms with E-state index in [-0.39, 0.29) is 6.61 Å². The zero-order valence-corrected chi connectivity index (χ0v) is 17.9. The van der Waals surface area contributed by atoms with Gasteiger partial charge in [-0.15, -0.1) is 9.42 Å². The van der Waals surface area contributed by atoms with E-state index in [1.54, 1.807) is 6.08 Å². The van der Waals surface area contributed by atoms with Gasteiger partial charge < -0.3 is 0 Å². The lowest BCUT2D eigenvalue weighted by atomic mass is 9.47. The molecular formula is C19H32O5P2+2. The van der Waals surface area contributed by atoms with E-state index >= 15 is 0 Å². The quantitative estimate of drug-likeness (QED) is 0.372. The van der Waals surface area contributed by atoms with E-state index in [2.05, 4.69) is 31.7 Å². The van der Waals surface area contributed by atoms with Gasteiger partial charge in [0.25, 0.3) is 0 Å². The fourth-order valence-corrected chi connectivity index (χ4v) is 6.29. The Morgan fingerprint density at radius 1 is 1.27 bits per heavy atom. The molecule has 26 heavy (non-hydrogen) atoms. The van der Waals surface area contributed by atoms with Gasteiger partial charge in [0.05, 0.1) is 0 Å². The lowest BCUT2D eigenvalue weighted by molar-refractivity contribution is -0.0537. The summed E-state index contributed by atoms with van der Waals surface area (Å²) in [6.07, 6.45) is 12.1. The summed E-state index contributed by atoms with van der Waals surface area (Å²) in [6, 6.07) is 0. The lowest BCUT2D eigenvalue weighted by Crippen LogP contribution is -2.49. The molecule has 7 heteroatoms. The number of rotatable bonds is 8. The molecule has 5 nitrogen and oxygen atoms in total. The minimum absolute atomic E-state index is 0.108. The van der Waals surface area contributed by atoms with Crippen LogP contribution in [0.2, 0.25) is 0 Å². The summed E-state index contributed by atoms with van der Waals surface area (Å²) in [7, 11) is -5.43. The van der Waals surface area contributed by atoms with Crippen molar-refractivity contribution in [3.63, 3.8) is 0 Å². The molecule has 0 aromatic heterocycles. The zero-order valence-electron chi connectivity index (χ0n) is 16.1. The van der Waals surface area contributed by atoms with Gasteiger partial charge in [-0.2, -0.15) is 0 Å². The highest BCUT2D eigenvalue weighted by atomic mass is 31.2. The van der Waals surface area contributed by atoms with Crippen molar-refractivity contribution in [2.24, 2.45) is 22.7 Å². The Balaban J connectivity index is 1.87. The molecule has 2 aliphatic carbocycles. The van der Waals surface area contributed by atoms with E-state index < -0.39 is 16.5 Å². The Kier molecular flexibility index (Phi) is 7.71. The van der Waals surface area contributed by atoms with Crippen LogP contribution in [-0.4, -0.2) is 11.5 Å². The highest BCUT2D eigenvalue weighted by Gasteiger charge is 2.52. The first kappa shape index (κ1) is 21.9. The summed E-state index contributed by atoms with van der Waals surface area (Å²) in [5.74, 6) is 1.30. The van der Waals surface area contributed by atoms with E-state index in [4.69, 9.17) is 9.42 Å². The molecule has 2 unspecified atom stereocenters. The standard InChI is InChI=1S/C19H31O5P2/c1-15-10-11-17-18(2,3)12-8-13-19(17,4)16(15)9-6-5-7-14-23-26(22)24-25(20)21/h5,7,16-17H,1,6,8-14H2,2-4H3/q+1/p+1/b7-5+/t16-,17-,19+/m1/s1. The average molecular weight is 402 g/mol. The summed E-state index contributed by atoms with van der Waals surface area (Å²) in [5.41, 5.74) is 2.15. The van der Waals surface area contributed by atoms with Crippen LogP contribution < -0.4 is 0 Å². The summed E-state index contributed by atoms with van der Waals surface area (Å²) in [5, 5.41) is 0. The molecule has 1 N–H and O–H groups in total. The maximum absolute atomic E-state index is 11.2. The van der Waals surface area contributed by atoms with Gasteiger partial charge in [0, 0.05) is 9.13 Å². The Labute approximate surface area is 159 Å². The normalized spacial score (nSPS) is 32.4. The second kappa shape index (κ2) is 9.17. The number of hydrogen-bond acceptors (Lipinski definition) is 4.